The molecule has 1 aliphatic rings. The minimum absolute atomic E-state index is 0.00804. The highest BCUT2D eigenvalue weighted by molar-refractivity contribution is 5.94. The number of fused-ring (bicyclic) bond motifs is 1. The number of furan rings is 1. The first-order chi connectivity index (χ1) is 10.7. The Hall–Kier alpha value is -2.15. The Balaban J connectivity index is 1.77. The van der Waals surface area contributed by atoms with Crippen LogP contribution in [0.25, 0.3) is 0 Å². The van der Waals surface area contributed by atoms with Gasteiger partial charge in [0.1, 0.15) is 18.7 Å². The second-order valence-corrected chi connectivity index (χ2v) is 5.38. The van der Waals surface area contributed by atoms with Crippen molar-refractivity contribution >= 4 is 5.91 Å². The van der Waals surface area contributed by atoms with E-state index in [1.54, 1.807) is 6.07 Å². The molecule has 1 unspecified atom stereocenters. The van der Waals surface area contributed by atoms with E-state index in [4.69, 9.17) is 9.15 Å². The minimum Gasteiger partial charge on any atom is -0.472 e. The van der Waals surface area contributed by atoms with E-state index >= 15 is 0 Å². The van der Waals surface area contributed by atoms with Gasteiger partial charge in [0.05, 0.1) is 11.8 Å². The lowest BCUT2D eigenvalue weighted by Crippen LogP contribution is -2.40. The maximum atomic E-state index is 12.5. The maximum Gasteiger partial charge on any atom is 0.257 e. The SMILES string of the molecule is CCOCc1nnc2n1CCN(C(=O)c1ccoc1)C(C)C2. The van der Waals surface area contributed by atoms with Crippen LogP contribution in [0.2, 0.25) is 0 Å². The van der Waals surface area contributed by atoms with Gasteiger partial charge in [-0.05, 0) is 19.9 Å². The molecule has 1 amide bonds. The average Bonchev–Trinajstić information content (AvgIpc) is 3.13. The molecule has 0 spiro atoms. The van der Waals surface area contributed by atoms with Crippen molar-refractivity contribution < 1.29 is 13.9 Å². The summed E-state index contributed by atoms with van der Waals surface area (Å²) in [5.74, 6) is 1.72. The van der Waals surface area contributed by atoms with Crippen LogP contribution in [-0.2, 0) is 24.3 Å². The first-order valence-corrected chi connectivity index (χ1v) is 7.52. The van der Waals surface area contributed by atoms with Crippen LogP contribution in [0.5, 0.6) is 0 Å². The maximum absolute atomic E-state index is 12.5. The molecule has 0 N–H and O–H groups in total. The highest BCUT2D eigenvalue weighted by Crippen LogP contribution is 2.18. The Morgan fingerprint density at radius 3 is 3.05 bits per heavy atom. The smallest absolute Gasteiger partial charge is 0.257 e. The zero-order valence-corrected chi connectivity index (χ0v) is 12.9. The predicted molar refractivity (Wildman–Crippen MR) is 78.3 cm³/mol. The van der Waals surface area contributed by atoms with E-state index in [-0.39, 0.29) is 11.9 Å². The first kappa shape index (κ1) is 14.8. The molecule has 22 heavy (non-hydrogen) atoms. The standard InChI is InChI=1S/C15H20N4O3/c1-3-21-10-14-17-16-13-8-11(2)18(5-6-19(13)14)15(20)12-4-7-22-9-12/h4,7,9,11H,3,5-6,8,10H2,1-2H3. The summed E-state index contributed by atoms with van der Waals surface area (Å²) in [6.45, 7) is 6.38. The monoisotopic (exact) mass is 304 g/mol. The molecular weight excluding hydrogens is 284 g/mol. The number of hydrogen-bond donors (Lipinski definition) is 0. The van der Waals surface area contributed by atoms with E-state index in [9.17, 15) is 4.79 Å². The van der Waals surface area contributed by atoms with E-state index < -0.39 is 0 Å². The molecule has 0 bridgehead atoms. The highest BCUT2D eigenvalue weighted by atomic mass is 16.5. The third-order valence-corrected chi connectivity index (χ3v) is 3.94. The van der Waals surface area contributed by atoms with Crippen molar-refractivity contribution in [2.75, 3.05) is 13.2 Å². The lowest BCUT2D eigenvalue weighted by atomic mass is 10.1. The fourth-order valence-electron chi connectivity index (χ4n) is 2.74. The van der Waals surface area contributed by atoms with Gasteiger partial charge in [-0.15, -0.1) is 10.2 Å². The molecule has 7 nitrogen and oxygen atoms in total. The Labute approximate surface area is 128 Å². The minimum atomic E-state index is -0.00804. The summed E-state index contributed by atoms with van der Waals surface area (Å²) in [6, 6.07) is 1.76. The van der Waals surface area contributed by atoms with Gasteiger partial charge in [-0.1, -0.05) is 0 Å². The fourth-order valence-corrected chi connectivity index (χ4v) is 2.74. The van der Waals surface area contributed by atoms with Crippen molar-refractivity contribution in [3.8, 4) is 0 Å². The second kappa shape index (κ2) is 6.31. The highest BCUT2D eigenvalue weighted by Gasteiger charge is 2.28. The number of aromatic nitrogens is 3. The zero-order chi connectivity index (χ0) is 15.5. The summed E-state index contributed by atoms with van der Waals surface area (Å²) >= 11 is 0. The van der Waals surface area contributed by atoms with Crippen LogP contribution in [0.3, 0.4) is 0 Å². The molecule has 0 saturated carbocycles. The molecule has 0 fully saturated rings. The van der Waals surface area contributed by atoms with Gasteiger partial charge in [0.15, 0.2) is 5.82 Å². The number of carbonyl (C=O) groups excluding carboxylic acids is 1. The van der Waals surface area contributed by atoms with Crippen LogP contribution >= 0.6 is 0 Å². The zero-order valence-electron chi connectivity index (χ0n) is 12.9. The van der Waals surface area contributed by atoms with E-state index in [1.165, 1.54) is 12.5 Å². The second-order valence-electron chi connectivity index (χ2n) is 5.38. The van der Waals surface area contributed by atoms with Gasteiger partial charge < -0.3 is 18.6 Å². The van der Waals surface area contributed by atoms with Crippen molar-refractivity contribution in [3.63, 3.8) is 0 Å². The molecule has 1 aliphatic heterocycles. The van der Waals surface area contributed by atoms with Gasteiger partial charge in [0.2, 0.25) is 0 Å². The van der Waals surface area contributed by atoms with Crippen LogP contribution in [0.4, 0.5) is 0 Å². The summed E-state index contributed by atoms with van der Waals surface area (Å²) in [6.07, 6.45) is 3.69. The Morgan fingerprint density at radius 2 is 2.32 bits per heavy atom. The van der Waals surface area contributed by atoms with Gasteiger partial charge in [0, 0.05) is 32.2 Å². The normalized spacial score (nSPS) is 18.1. The number of nitrogens with zero attached hydrogens (tertiary/aromatic N) is 4. The molecule has 118 valence electrons. The van der Waals surface area contributed by atoms with Crippen LogP contribution in [0.15, 0.2) is 23.0 Å². The van der Waals surface area contributed by atoms with Crippen LogP contribution < -0.4 is 0 Å². The Kier molecular flexibility index (Phi) is 4.24. The Morgan fingerprint density at radius 1 is 1.45 bits per heavy atom. The number of rotatable bonds is 4. The first-order valence-electron chi connectivity index (χ1n) is 7.52. The summed E-state index contributed by atoms with van der Waals surface area (Å²) in [4.78, 5) is 14.4. The van der Waals surface area contributed by atoms with Crippen molar-refractivity contribution in [1.29, 1.82) is 0 Å². The molecule has 3 rings (SSSR count). The van der Waals surface area contributed by atoms with Gasteiger partial charge in [-0.25, -0.2) is 0 Å². The largest absolute Gasteiger partial charge is 0.472 e. The summed E-state index contributed by atoms with van der Waals surface area (Å²) < 4.78 is 12.5. The van der Waals surface area contributed by atoms with Gasteiger partial charge in [-0.3, -0.25) is 4.79 Å². The Bertz CT molecular complexity index is 635. The van der Waals surface area contributed by atoms with E-state index in [0.29, 0.717) is 38.3 Å². The third-order valence-electron chi connectivity index (χ3n) is 3.94. The molecule has 7 heteroatoms. The molecule has 2 aromatic heterocycles. The molecule has 1 atom stereocenters. The lowest BCUT2D eigenvalue weighted by molar-refractivity contribution is 0.0693. The molecule has 0 aromatic carbocycles. The van der Waals surface area contributed by atoms with Crippen LogP contribution in [0, 0.1) is 0 Å². The molecule has 2 aromatic rings. The van der Waals surface area contributed by atoms with E-state index in [2.05, 4.69) is 14.8 Å². The van der Waals surface area contributed by atoms with Crippen molar-refractivity contribution in [2.45, 2.75) is 39.5 Å². The van der Waals surface area contributed by atoms with Crippen LogP contribution in [-0.4, -0.2) is 44.8 Å². The van der Waals surface area contributed by atoms with Gasteiger partial charge in [-0.2, -0.15) is 0 Å². The number of ether oxygens (including phenoxy) is 1. The van der Waals surface area contributed by atoms with Crippen molar-refractivity contribution in [3.05, 3.63) is 35.8 Å². The number of hydrogen-bond acceptors (Lipinski definition) is 5. The fraction of sp³-hybridized carbons (Fsp3) is 0.533. The predicted octanol–water partition coefficient (Wildman–Crippen LogP) is 1.49. The number of amides is 1. The van der Waals surface area contributed by atoms with Gasteiger partial charge >= 0.3 is 0 Å². The molecule has 3 heterocycles. The van der Waals surface area contributed by atoms with Crippen molar-refractivity contribution in [1.82, 2.24) is 19.7 Å². The average molecular weight is 304 g/mol. The molecular formula is C15H20N4O3. The van der Waals surface area contributed by atoms with Gasteiger partial charge in [0.25, 0.3) is 5.91 Å². The summed E-state index contributed by atoms with van der Waals surface area (Å²) in [5.41, 5.74) is 0.582. The third kappa shape index (κ3) is 2.76. The summed E-state index contributed by atoms with van der Waals surface area (Å²) in [5, 5.41) is 8.45. The topological polar surface area (TPSA) is 73.4 Å². The van der Waals surface area contributed by atoms with E-state index in [0.717, 1.165) is 11.6 Å². The molecule has 0 radical (unpaired) electrons. The summed E-state index contributed by atoms with van der Waals surface area (Å²) in [7, 11) is 0. The molecule has 0 aliphatic carbocycles. The lowest BCUT2D eigenvalue weighted by Gasteiger charge is -2.26. The van der Waals surface area contributed by atoms with Crippen LogP contribution in [0.1, 0.15) is 35.9 Å². The quantitative estimate of drug-likeness (QED) is 0.855. The number of carbonyl (C=O) groups is 1. The molecule has 0 saturated heterocycles. The van der Waals surface area contributed by atoms with Crippen molar-refractivity contribution in [2.24, 2.45) is 0 Å². The van der Waals surface area contributed by atoms with E-state index in [1.807, 2.05) is 18.7 Å².